The van der Waals surface area contributed by atoms with Crippen molar-refractivity contribution in [3.8, 4) is 0 Å². The Morgan fingerprint density at radius 2 is 2.35 bits per heavy atom. The van der Waals surface area contributed by atoms with Crippen molar-refractivity contribution in [3.05, 3.63) is 18.0 Å². The number of nitrogens with zero attached hydrogens (tertiary/aromatic N) is 3. The van der Waals surface area contributed by atoms with Crippen LogP contribution in [0.2, 0.25) is 0 Å². The third-order valence-corrected chi connectivity index (χ3v) is 4.53. The van der Waals surface area contributed by atoms with Gasteiger partial charge in [-0.25, -0.2) is 0 Å². The molecule has 17 heavy (non-hydrogen) atoms. The topological polar surface area (TPSA) is 33.1 Å². The third kappa shape index (κ3) is 1.89. The number of nitrogens with one attached hydrogen (secondary N) is 1. The zero-order valence-electron chi connectivity index (χ0n) is 10.8. The molecule has 3 rings (SSSR count). The largest absolute Gasteiger partial charge is 0.316 e. The molecule has 1 N–H and O–H groups in total. The van der Waals surface area contributed by atoms with Gasteiger partial charge in [-0.2, -0.15) is 5.10 Å². The van der Waals surface area contributed by atoms with Crippen molar-refractivity contribution in [3.63, 3.8) is 0 Å². The first-order valence-electron chi connectivity index (χ1n) is 6.71. The van der Waals surface area contributed by atoms with E-state index >= 15 is 0 Å². The number of rotatable bonds is 3. The molecule has 3 unspecified atom stereocenters. The predicted molar refractivity (Wildman–Crippen MR) is 67.5 cm³/mol. The van der Waals surface area contributed by atoms with E-state index in [9.17, 15) is 0 Å². The summed E-state index contributed by atoms with van der Waals surface area (Å²) in [6, 6.07) is 2.89. The van der Waals surface area contributed by atoms with Crippen LogP contribution in [-0.2, 0) is 13.6 Å². The summed E-state index contributed by atoms with van der Waals surface area (Å²) in [6.45, 7) is 7.05. The molecular formula is C13H22N4. The van der Waals surface area contributed by atoms with E-state index in [1.165, 1.54) is 31.7 Å². The van der Waals surface area contributed by atoms with E-state index in [2.05, 4.69) is 28.3 Å². The lowest BCUT2D eigenvalue weighted by Gasteiger charge is -2.26. The van der Waals surface area contributed by atoms with Crippen LogP contribution in [-0.4, -0.2) is 40.4 Å². The fourth-order valence-electron chi connectivity index (χ4n) is 3.62. The molecular weight excluding hydrogens is 212 g/mol. The highest BCUT2D eigenvalue weighted by Crippen LogP contribution is 2.34. The maximum atomic E-state index is 4.26. The fourth-order valence-corrected chi connectivity index (χ4v) is 3.62. The molecule has 0 amide bonds. The average molecular weight is 234 g/mol. The van der Waals surface area contributed by atoms with Crippen molar-refractivity contribution in [1.29, 1.82) is 0 Å². The Morgan fingerprint density at radius 3 is 3.06 bits per heavy atom. The number of aromatic nitrogens is 2. The summed E-state index contributed by atoms with van der Waals surface area (Å²) >= 11 is 0. The molecule has 0 aromatic carbocycles. The van der Waals surface area contributed by atoms with Gasteiger partial charge in [-0.05, 0) is 37.4 Å². The monoisotopic (exact) mass is 234 g/mol. The first-order valence-corrected chi connectivity index (χ1v) is 6.71. The zero-order valence-corrected chi connectivity index (χ0v) is 10.8. The van der Waals surface area contributed by atoms with Gasteiger partial charge in [0.2, 0.25) is 0 Å². The standard InChI is InChI=1S/C13H22N4/c1-3-13-12-7-14-6-10(12)8-17(13)9-11-4-5-15-16(11)2/h4-5,10,12-14H,3,6-9H2,1-2H3. The first kappa shape index (κ1) is 11.2. The van der Waals surface area contributed by atoms with Crippen molar-refractivity contribution in [2.75, 3.05) is 19.6 Å². The molecule has 0 saturated carbocycles. The second kappa shape index (κ2) is 4.42. The number of fused-ring (bicyclic) bond motifs is 1. The van der Waals surface area contributed by atoms with Gasteiger partial charge >= 0.3 is 0 Å². The molecule has 2 aliphatic heterocycles. The smallest absolute Gasteiger partial charge is 0.0521 e. The van der Waals surface area contributed by atoms with Gasteiger partial charge in [0, 0.05) is 32.4 Å². The maximum absolute atomic E-state index is 4.26. The van der Waals surface area contributed by atoms with Crippen molar-refractivity contribution in [1.82, 2.24) is 20.0 Å². The molecule has 4 heteroatoms. The van der Waals surface area contributed by atoms with Gasteiger partial charge in [-0.3, -0.25) is 9.58 Å². The molecule has 0 aliphatic carbocycles. The molecule has 2 fully saturated rings. The zero-order chi connectivity index (χ0) is 11.8. The van der Waals surface area contributed by atoms with Gasteiger partial charge in [0.05, 0.1) is 5.69 Å². The van der Waals surface area contributed by atoms with Gasteiger partial charge in [0.15, 0.2) is 0 Å². The molecule has 3 atom stereocenters. The van der Waals surface area contributed by atoms with Gasteiger partial charge in [-0.1, -0.05) is 6.92 Å². The van der Waals surface area contributed by atoms with Crippen molar-refractivity contribution in [2.24, 2.45) is 18.9 Å². The summed E-state index contributed by atoms with van der Waals surface area (Å²) in [5, 5.41) is 7.79. The quantitative estimate of drug-likeness (QED) is 0.841. The van der Waals surface area contributed by atoms with Gasteiger partial charge in [0.1, 0.15) is 0 Å². The van der Waals surface area contributed by atoms with E-state index in [4.69, 9.17) is 0 Å². The Kier molecular flexibility index (Phi) is 2.92. The molecule has 4 nitrogen and oxygen atoms in total. The van der Waals surface area contributed by atoms with Crippen LogP contribution < -0.4 is 5.32 Å². The normalized spacial score (nSPS) is 33.2. The summed E-state index contributed by atoms with van der Waals surface area (Å²) in [7, 11) is 2.04. The van der Waals surface area contributed by atoms with Crippen LogP contribution in [0.5, 0.6) is 0 Å². The lowest BCUT2D eigenvalue weighted by Crippen LogP contribution is -2.35. The lowest BCUT2D eigenvalue weighted by atomic mass is 9.93. The van der Waals surface area contributed by atoms with E-state index in [-0.39, 0.29) is 0 Å². The molecule has 0 radical (unpaired) electrons. The summed E-state index contributed by atoms with van der Waals surface area (Å²) in [5.41, 5.74) is 1.33. The minimum absolute atomic E-state index is 0.755. The molecule has 1 aromatic rings. The summed E-state index contributed by atoms with van der Waals surface area (Å²) in [4.78, 5) is 2.66. The maximum Gasteiger partial charge on any atom is 0.0521 e. The van der Waals surface area contributed by atoms with Crippen LogP contribution in [0.25, 0.3) is 0 Å². The minimum Gasteiger partial charge on any atom is -0.316 e. The van der Waals surface area contributed by atoms with E-state index < -0.39 is 0 Å². The van der Waals surface area contributed by atoms with Crippen LogP contribution in [0.1, 0.15) is 19.0 Å². The molecule has 94 valence electrons. The molecule has 1 aromatic heterocycles. The SMILES string of the molecule is CCC1C2CNCC2CN1Cc1ccnn1C. The molecule has 3 heterocycles. The lowest BCUT2D eigenvalue weighted by molar-refractivity contribution is 0.205. The van der Waals surface area contributed by atoms with Crippen molar-refractivity contribution in [2.45, 2.75) is 25.9 Å². The Balaban J connectivity index is 1.73. The van der Waals surface area contributed by atoms with Gasteiger partial charge in [-0.15, -0.1) is 0 Å². The highest BCUT2D eigenvalue weighted by Gasteiger charge is 2.42. The highest BCUT2D eigenvalue weighted by molar-refractivity contribution is 5.04. The van der Waals surface area contributed by atoms with Crippen molar-refractivity contribution < 1.29 is 0 Å². The number of hydrogen-bond acceptors (Lipinski definition) is 3. The minimum atomic E-state index is 0.755. The Morgan fingerprint density at radius 1 is 1.47 bits per heavy atom. The fraction of sp³-hybridized carbons (Fsp3) is 0.769. The van der Waals surface area contributed by atoms with Gasteiger partial charge < -0.3 is 5.32 Å². The van der Waals surface area contributed by atoms with Crippen LogP contribution in [0, 0.1) is 11.8 Å². The van der Waals surface area contributed by atoms with E-state index in [1.54, 1.807) is 0 Å². The van der Waals surface area contributed by atoms with Crippen LogP contribution in [0.15, 0.2) is 12.3 Å². The first-order chi connectivity index (χ1) is 8.29. The Labute approximate surface area is 103 Å². The summed E-state index contributed by atoms with van der Waals surface area (Å²) < 4.78 is 2.00. The van der Waals surface area contributed by atoms with Gasteiger partial charge in [0.25, 0.3) is 0 Å². The van der Waals surface area contributed by atoms with Crippen molar-refractivity contribution >= 4 is 0 Å². The molecule has 0 bridgehead atoms. The van der Waals surface area contributed by atoms with Crippen LogP contribution >= 0.6 is 0 Å². The third-order valence-electron chi connectivity index (χ3n) is 4.53. The number of hydrogen-bond donors (Lipinski definition) is 1. The predicted octanol–water partition coefficient (Wildman–Crippen LogP) is 0.850. The van der Waals surface area contributed by atoms with Crippen LogP contribution in [0.3, 0.4) is 0 Å². The Hall–Kier alpha value is -0.870. The highest BCUT2D eigenvalue weighted by atomic mass is 15.3. The van der Waals surface area contributed by atoms with Crippen LogP contribution in [0.4, 0.5) is 0 Å². The average Bonchev–Trinajstić information content (AvgIpc) is 2.96. The summed E-state index contributed by atoms with van der Waals surface area (Å²) in [6.07, 6.45) is 3.16. The van der Waals surface area contributed by atoms with E-state index in [0.29, 0.717) is 0 Å². The molecule has 0 spiro atoms. The number of aryl methyl sites for hydroxylation is 1. The Bertz CT molecular complexity index is 387. The molecule has 2 saturated heterocycles. The summed E-state index contributed by atoms with van der Waals surface area (Å²) in [5.74, 6) is 1.74. The van der Waals surface area contributed by atoms with E-state index in [0.717, 1.165) is 24.4 Å². The molecule has 2 aliphatic rings. The number of likely N-dealkylation sites (tertiary alicyclic amines) is 1. The second-order valence-corrected chi connectivity index (χ2v) is 5.43. The second-order valence-electron chi connectivity index (χ2n) is 5.43. The van der Waals surface area contributed by atoms with E-state index in [1.807, 2.05) is 17.9 Å².